The fourth-order valence-corrected chi connectivity index (χ4v) is 16.6. The summed E-state index contributed by atoms with van der Waals surface area (Å²) in [5.74, 6) is 8.62. The Morgan fingerprint density at radius 2 is 0.937 bits per heavy atom. The van der Waals surface area contributed by atoms with Gasteiger partial charge in [-0.05, 0) is 272 Å². The summed E-state index contributed by atoms with van der Waals surface area (Å²) in [5.41, 5.74) is 51.8. The van der Waals surface area contributed by atoms with Crippen LogP contribution in [0.5, 0.6) is 0 Å². The molecule has 652 valence electrons. The van der Waals surface area contributed by atoms with Gasteiger partial charge >= 0.3 is 23.9 Å². The highest BCUT2D eigenvalue weighted by molar-refractivity contribution is 8.00. The van der Waals surface area contributed by atoms with Gasteiger partial charge in [-0.1, -0.05) is 40.5 Å². The molecule has 12 aliphatic rings. The third-order valence-corrected chi connectivity index (χ3v) is 28.2. The number of fused-ring (bicyclic) bond motifs is 5. The van der Waals surface area contributed by atoms with Crippen molar-refractivity contribution in [2.75, 3.05) is 88.6 Å². The number of aliphatic carboxylic acids is 4. The molecule has 4 bridgehead atoms. The summed E-state index contributed by atoms with van der Waals surface area (Å²) in [6.45, 7) is 35.1. The lowest BCUT2D eigenvalue weighted by Crippen LogP contribution is -2.54. The van der Waals surface area contributed by atoms with Crippen molar-refractivity contribution < 1.29 is 83.1 Å². The minimum atomic E-state index is -1.88. The lowest BCUT2D eigenvalue weighted by Gasteiger charge is -2.49. The molecule has 0 aromatic heterocycles. The normalized spacial score (nSPS) is 31.5. The Morgan fingerprint density at radius 1 is 0.523 bits per heavy atom. The van der Waals surface area contributed by atoms with Crippen LogP contribution in [0.4, 0.5) is 0 Å². The molecule has 0 unspecified atom stereocenters. The van der Waals surface area contributed by atoms with E-state index in [1.807, 2.05) is 13.8 Å². The SMILES string of the molecule is C=C(O)C1(C)CCNCC1.C=C(O)C12CCC(N)(CC1)C2.C=C(O)C1CCC(N)CC1.C=S1(=O)CCC(N)CC1.C=S1(=O)CCC(O)(CN)CC1.CC(=O)C(C)(C)CCN.CC(C)(C(=O)O)C1CNC1.CC(C)(CN)C(=O)O.CC(C)(O)CN.NC12CCC(C(=O)O)(CC1)CC2.NC1CC(C(=O)O)C1.NC1CCOCC1. The molecular formula is C80H158N12O17S2. The van der Waals surface area contributed by atoms with Gasteiger partial charge in [-0.2, -0.15) is 0 Å². The molecule has 0 aromatic rings. The topological polar surface area (TPSA) is 595 Å². The summed E-state index contributed by atoms with van der Waals surface area (Å²) in [4.78, 5) is 52.7. The van der Waals surface area contributed by atoms with E-state index in [2.05, 4.69) is 49.0 Å². The molecule has 31 heteroatoms. The number of hydrogen-bond donors (Lipinski definition) is 21. The van der Waals surface area contributed by atoms with Gasteiger partial charge in [0.1, 0.15) is 5.78 Å². The molecule has 7 saturated carbocycles. The average Bonchev–Trinajstić information content (AvgIpc) is 1.71. The van der Waals surface area contributed by atoms with E-state index in [-0.39, 0.29) is 64.2 Å². The van der Waals surface area contributed by atoms with Gasteiger partial charge in [-0.15, -0.1) is 0 Å². The lowest BCUT2D eigenvalue weighted by atomic mass is 9.58. The Balaban J connectivity index is 0.00000119. The monoisotopic (exact) mass is 1620 g/mol. The van der Waals surface area contributed by atoms with Crippen LogP contribution in [0.15, 0.2) is 37.0 Å². The molecular weight excluding hydrogens is 1470 g/mol. The maximum Gasteiger partial charge on any atom is 0.310 e. The number of ketones is 1. The van der Waals surface area contributed by atoms with Gasteiger partial charge in [-0.25, -0.2) is 0 Å². The Labute approximate surface area is 666 Å². The number of aliphatic hydroxyl groups is 5. The quantitative estimate of drug-likeness (QED) is 0.0716. The predicted molar refractivity (Wildman–Crippen MR) is 451 cm³/mol. The van der Waals surface area contributed by atoms with Gasteiger partial charge in [0.05, 0.1) is 50.6 Å². The van der Waals surface area contributed by atoms with Crippen LogP contribution < -0.4 is 68.0 Å². The van der Waals surface area contributed by atoms with E-state index in [0.29, 0.717) is 91.5 Å². The van der Waals surface area contributed by atoms with Gasteiger partial charge < -0.3 is 119 Å². The Kier molecular flexibility index (Phi) is 45.8. The highest BCUT2D eigenvalue weighted by Crippen LogP contribution is 2.58. The first-order chi connectivity index (χ1) is 50.8. The average molecular weight is 1620 g/mol. The Hall–Kier alpha value is -4.39. The van der Waals surface area contributed by atoms with E-state index >= 15 is 0 Å². The number of allylic oxidation sites excluding steroid dienone is 3. The third-order valence-electron chi connectivity index (χ3n) is 24.3. The van der Waals surface area contributed by atoms with E-state index in [9.17, 15) is 47.7 Å². The van der Waals surface area contributed by atoms with Crippen LogP contribution in [-0.4, -0.2) is 231 Å². The molecule has 31 N–H and O–H groups in total. The molecule has 111 heavy (non-hydrogen) atoms. The number of nitrogens with two attached hydrogens (primary N) is 10. The first-order valence-corrected chi connectivity index (χ1v) is 44.0. The highest BCUT2D eigenvalue weighted by atomic mass is 32.2. The maximum atomic E-state index is 11.3. The van der Waals surface area contributed by atoms with Crippen molar-refractivity contribution in [3.05, 3.63) is 37.0 Å². The number of carbonyl (C=O) groups is 5. The Morgan fingerprint density at radius 3 is 1.16 bits per heavy atom. The van der Waals surface area contributed by atoms with Crippen molar-refractivity contribution >= 4 is 60.4 Å². The van der Waals surface area contributed by atoms with Crippen molar-refractivity contribution in [3.63, 3.8) is 0 Å². The second kappa shape index (κ2) is 47.7. The summed E-state index contributed by atoms with van der Waals surface area (Å²) in [5, 5.41) is 86.7. The molecule has 0 amide bonds. The molecule has 0 spiro atoms. The third kappa shape index (κ3) is 40.4. The number of carboxylic acids is 4. The lowest BCUT2D eigenvalue weighted by molar-refractivity contribution is -0.156. The number of hydrogen-bond acceptors (Lipinski definition) is 25. The minimum absolute atomic E-state index is 0.00868. The number of carbonyl (C=O) groups excluding carboxylic acids is 1. The molecule has 5 heterocycles. The first-order valence-electron chi connectivity index (χ1n) is 39.8. The number of Topliss-reactive ketones (excluding diaryl/α,β-unsaturated/α-hetero) is 1. The Bertz CT molecular complexity index is 3010. The van der Waals surface area contributed by atoms with Gasteiger partial charge in [0.2, 0.25) is 0 Å². The fourth-order valence-electron chi connectivity index (χ4n) is 13.2. The van der Waals surface area contributed by atoms with E-state index in [0.717, 1.165) is 192 Å². The summed E-state index contributed by atoms with van der Waals surface area (Å²) in [7, 11) is -3.58. The van der Waals surface area contributed by atoms with Crippen LogP contribution in [0.1, 0.15) is 236 Å². The van der Waals surface area contributed by atoms with Crippen LogP contribution >= 0.6 is 0 Å². The second-order valence-corrected chi connectivity index (χ2v) is 41.6. The van der Waals surface area contributed by atoms with Gasteiger partial charge in [-0.3, -0.25) is 32.4 Å². The minimum Gasteiger partial charge on any atom is -0.513 e. The molecule has 7 aliphatic carbocycles. The predicted octanol–water partition coefficient (Wildman–Crippen LogP) is 5.85. The van der Waals surface area contributed by atoms with Crippen LogP contribution in [0.2, 0.25) is 0 Å². The molecule has 0 aromatic carbocycles. The smallest absolute Gasteiger partial charge is 0.310 e. The molecule has 12 fully saturated rings. The molecule has 5 saturated heterocycles. The number of carboxylic acid groups (broad SMARTS) is 4. The van der Waals surface area contributed by atoms with E-state index < -0.39 is 70.4 Å². The van der Waals surface area contributed by atoms with Crippen LogP contribution in [0.25, 0.3) is 0 Å². The number of ether oxygens (including phenoxy) is 1. The summed E-state index contributed by atoms with van der Waals surface area (Å²) in [6.07, 6.45) is 23.4. The second-order valence-electron chi connectivity index (χ2n) is 36.1. The molecule has 0 radical (unpaired) electrons. The zero-order valence-electron chi connectivity index (χ0n) is 69.7. The fraction of sp³-hybridized carbons (Fsp3) is 0.838. The van der Waals surface area contributed by atoms with Crippen LogP contribution in [0, 0.1) is 50.2 Å². The van der Waals surface area contributed by atoms with Gasteiger partial charge in [0, 0.05) is 126 Å². The number of rotatable bonds is 14. The molecule has 5 aliphatic heterocycles. The molecule has 12 rings (SSSR count). The largest absolute Gasteiger partial charge is 0.513 e. The van der Waals surface area contributed by atoms with E-state index in [1.54, 1.807) is 48.5 Å². The molecule has 0 atom stereocenters. The van der Waals surface area contributed by atoms with Gasteiger partial charge in [0.25, 0.3) is 0 Å². The number of piperidine rings is 1. The summed E-state index contributed by atoms with van der Waals surface area (Å²) in [6, 6.07) is 1.20. The summed E-state index contributed by atoms with van der Waals surface area (Å²) < 4.78 is 27.6. The van der Waals surface area contributed by atoms with Crippen LogP contribution in [-0.2, 0) is 47.8 Å². The van der Waals surface area contributed by atoms with Crippen molar-refractivity contribution in [2.24, 2.45) is 108 Å². The van der Waals surface area contributed by atoms with Crippen LogP contribution in [0.3, 0.4) is 0 Å². The highest BCUT2D eigenvalue weighted by Gasteiger charge is 2.54. The zero-order valence-corrected chi connectivity index (χ0v) is 71.4. The first kappa shape index (κ1) is 107. The number of aliphatic hydroxyl groups excluding tert-OH is 3. The van der Waals surface area contributed by atoms with E-state index in [1.165, 1.54) is 0 Å². The number of nitrogens with one attached hydrogen (secondary N) is 2. The van der Waals surface area contributed by atoms with Crippen molar-refractivity contribution in [1.82, 2.24) is 10.6 Å². The summed E-state index contributed by atoms with van der Waals surface area (Å²) >= 11 is 0. The maximum absolute atomic E-state index is 11.3. The van der Waals surface area contributed by atoms with Crippen molar-refractivity contribution in [1.29, 1.82) is 0 Å². The van der Waals surface area contributed by atoms with E-state index in [4.69, 9.17) is 92.7 Å². The van der Waals surface area contributed by atoms with Gasteiger partial charge in [0.15, 0.2) is 0 Å². The standard InChI is InChI=1S/C9H15NO2.C9H15NO.2C8H15NO.C7H15NO2S.C7H13NO2.C7H15NO.C6H13NOS.C5H9NO2.C5H11NO2.C5H11NO.C4H11NO/c10-9-4-1-8(2-5-9,3-6-9)7(11)12;1-7(11)8-2-4-9(10,6-8)5-3-8;1-7(10)8(2)3-5-9-6-4-8;1-6(10)7-2-4-8(9)5-3-7;1-11(10)4-2-7(9,6-8)3-5-11;1-7(2,6(9)10)5-3-8-4-5;1-6(9)7(2,3)4-5-8;1-9(8)4-2-6(7)3-5-9;6-4-1-3(2-4)5(7)8;1-5(2,3-6)4(7)8;6-5-1-3-7-4-2-5;1-4(2,6)3-5/h1-6,10H2,(H,11,12);11H,1-6,10H2;9-10H,1,3-6H2,2H3;7-8,10H,1-5,9H2;9H,1-6,8H2;5,8H,3-4H2,1-2H3,(H,9,10);4-5,8H2,1-3H3;6H,1-5,7H2;3-4H,1-2,6H2,(H,7,8);3,6H2,1-2H3,(H,7,8);5H,1-4,6H2;6H,3,5H2,1-2H3. The molecule has 29 nitrogen and oxygen atoms in total. The zero-order chi connectivity index (χ0) is 86.1. The van der Waals surface area contributed by atoms with Crippen molar-refractivity contribution in [3.8, 4) is 0 Å². The van der Waals surface area contributed by atoms with Crippen molar-refractivity contribution in [2.45, 2.75) is 283 Å².